The smallest absolute Gasteiger partial charge is 0.224 e. The molecule has 0 amide bonds. The molecule has 0 spiro atoms. The third-order valence-corrected chi connectivity index (χ3v) is 4.32. The normalized spacial score (nSPS) is 15.4. The van der Waals surface area contributed by atoms with E-state index < -0.39 is 0 Å². The molecule has 7 nitrogen and oxygen atoms in total. The fourth-order valence-corrected chi connectivity index (χ4v) is 2.86. The van der Waals surface area contributed by atoms with Gasteiger partial charge in [0.05, 0.1) is 0 Å². The van der Waals surface area contributed by atoms with Crippen LogP contribution in [0.1, 0.15) is 25.5 Å². The van der Waals surface area contributed by atoms with Crippen molar-refractivity contribution in [1.82, 2.24) is 19.9 Å². The molecule has 128 valence electrons. The van der Waals surface area contributed by atoms with Crippen molar-refractivity contribution in [2.45, 2.75) is 32.2 Å². The van der Waals surface area contributed by atoms with Gasteiger partial charge in [0.2, 0.25) is 5.95 Å². The minimum absolute atomic E-state index is 0.395. The number of nitrogens with one attached hydrogen (secondary N) is 1. The summed E-state index contributed by atoms with van der Waals surface area (Å²) in [6.07, 6.45) is 6.49. The third-order valence-electron chi connectivity index (χ3n) is 4.32. The van der Waals surface area contributed by atoms with E-state index >= 15 is 0 Å². The van der Waals surface area contributed by atoms with Crippen LogP contribution in [0.2, 0.25) is 0 Å². The topological polar surface area (TPSA) is 70.1 Å². The third kappa shape index (κ3) is 3.90. The molecule has 0 radical (unpaired) electrons. The maximum absolute atomic E-state index is 4.54. The van der Waals surface area contributed by atoms with E-state index in [9.17, 15) is 0 Å². The molecule has 24 heavy (non-hydrogen) atoms. The molecule has 1 aliphatic heterocycles. The molecule has 1 saturated heterocycles. The summed E-state index contributed by atoms with van der Waals surface area (Å²) >= 11 is 0. The lowest BCUT2D eigenvalue weighted by molar-refractivity contribution is 0.520. The van der Waals surface area contributed by atoms with E-state index in [4.69, 9.17) is 0 Å². The lowest BCUT2D eigenvalue weighted by Gasteiger charge is -2.33. The highest BCUT2D eigenvalue weighted by molar-refractivity contribution is 5.42. The molecular formula is C17H25N7. The standard InChI is InChI=1S/C17H25N7/c1-4-13-11-16(20-12-19-13)24-9-6-14(7-10-24)21-17-18-8-5-15(22-17)23(2)3/h5,8,11-12,14H,4,6-7,9-10H2,1-3H3,(H,18,21,22). The van der Waals surface area contributed by atoms with Crippen molar-refractivity contribution in [1.29, 1.82) is 0 Å². The van der Waals surface area contributed by atoms with Gasteiger partial charge in [0.25, 0.3) is 0 Å². The number of piperidine rings is 1. The van der Waals surface area contributed by atoms with Crippen molar-refractivity contribution in [3.8, 4) is 0 Å². The Kier molecular flexibility index (Phi) is 5.08. The molecule has 1 aliphatic rings. The zero-order valence-corrected chi connectivity index (χ0v) is 14.6. The van der Waals surface area contributed by atoms with E-state index in [1.807, 2.05) is 25.1 Å². The first-order valence-corrected chi connectivity index (χ1v) is 8.48. The molecule has 3 heterocycles. The molecule has 0 saturated carbocycles. The summed E-state index contributed by atoms with van der Waals surface area (Å²) in [5.74, 6) is 2.65. The van der Waals surface area contributed by atoms with E-state index in [0.29, 0.717) is 12.0 Å². The van der Waals surface area contributed by atoms with E-state index in [1.165, 1.54) is 0 Å². The summed E-state index contributed by atoms with van der Waals surface area (Å²) < 4.78 is 0. The Bertz CT molecular complexity index is 665. The molecule has 7 heteroatoms. The Labute approximate surface area is 143 Å². The van der Waals surface area contributed by atoms with Gasteiger partial charge in [0.1, 0.15) is 18.0 Å². The Morgan fingerprint density at radius 2 is 2.00 bits per heavy atom. The number of nitrogens with zero attached hydrogens (tertiary/aromatic N) is 6. The molecule has 0 unspecified atom stereocenters. The molecule has 2 aromatic rings. The molecule has 0 aromatic carbocycles. The zero-order chi connectivity index (χ0) is 16.9. The zero-order valence-electron chi connectivity index (χ0n) is 14.6. The van der Waals surface area contributed by atoms with Crippen LogP contribution in [0.5, 0.6) is 0 Å². The summed E-state index contributed by atoms with van der Waals surface area (Å²) in [7, 11) is 3.97. The predicted molar refractivity (Wildman–Crippen MR) is 96.6 cm³/mol. The van der Waals surface area contributed by atoms with Gasteiger partial charge in [-0.2, -0.15) is 4.98 Å². The number of aromatic nitrogens is 4. The molecule has 0 atom stereocenters. The van der Waals surface area contributed by atoms with Gasteiger partial charge in [-0.1, -0.05) is 6.92 Å². The second-order valence-corrected chi connectivity index (χ2v) is 6.26. The van der Waals surface area contributed by atoms with Gasteiger partial charge in [-0.05, 0) is 25.3 Å². The summed E-state index contributed by atoms with van der Waals surface area (Å²) in [5, 5.41) is 3.46. The van der Waals surface area contributed by atoms with Gasteiger partial charge >= 0.3 is 0 Å². The van der Waals surface area contributed by atoms with Crippen molar-refractivity contribution in [3.63, 3.8) is 0 Å². The van der Waals surface area contributed by atoms with Crippen molar-refractivity contribution in [3.05, 3.63) is 30.4 Å². The van der Waals surface area contributed by atoms with Gasteiger partial charge in [-0.25, -0.2) is 15.0 Å². The fraction of sp³-hybridized carbons (Fsp3) is 0.529. The molecule has 2 aromatic heterocycles. The lowest BCUT2D eigenvalue weighted by atomic mass is 10.1. The van der Waals surface area contributed by atoms with Gasteiger partial charge < -0.3 is 15.1 Å². The van der Waals surface area contributed by atoms with Crippen LogP contribution in [0.4, 0.5) is 17.6 Å². The highest BCUT2D eigenvalue weighted by atomic mass is 15.2. The summed E-state index contributed by atoms with van der Waals surface area (Å²) in [6.45, 7) is 4.07. The summed E-state index contributed by atoms with van der Waals surface area (Å²) in [6, 6.07) is 4.40. The first kappa shape index (κ1) is 16.4. The number of hydrogen-bond donors (Lipinski definition) is 1. The average molecular weight is 327 g/mol. The van der Waals surface area contributed by atoms with Crippen LogP contribution in [-0.2, 0) is 6.42 Å². The molecule has 1 fully saturated rings. The number of rotatable bonds is 5. The minimum atomic E-state index is 0.395. The average Bonchev–Trinajstić information content (AvgIpc) is 2.62. The van der Waals surface area contributed by atoms with Crippen LogP contribution in [0.15, 0.2) is 24.7 Å². The maximum atomic E-state index is 4.54. The molecule has 1 N–H and O–H groups in total. The van der Waals surface area contributed by atoms with Crippen LogP contribution in [0.3, 0.4) is 0 Å². The van der Waals surface area contributed by atoms with E-state index in [0.717, 1.165) is 49.7 Å². The quantitative estimate of drug-likeness (QED) is 0.900. The molecule has 3 rings (SSSR count). The largest absolute Gasteiger partial charge is 0.363 e. The number of hydrogen-bond acceptors (Lipinski definition) is 7. The van der Waals surface area contributed by atoms with Gasteiger partial charge in [0, 0.05) is 51.2 Å². The second-order valence-electron chi connectivity index (χ2n) is 6.26. The summed E-state index contributed by atoms with van der Waals surface area (Å²) in [5.41, 5.74) is 1.09. The van der Waals surface area contributed by atoms with Gasteiger partial charge in [-0.15, -0.1) is 0 Å². The fourth-order valence-electron chi connectivity index (χ4n) is 2.86. The Hall–Kier alpha value is -2.44. The first-order valence-electron chi connectivity index (χ1n) is 8.48. The van der Waals surface area contributed by atoms with Crippen molar-refractivity contribution in [2.75, 3.05) is 42.3 Å². The van der Waals surface area contributed by atoms with Gasteiger partial charge in [0.15, 0.2) is 0 Å². The Morgan fingerprint density at radius 3 is 2.71 bits per heavy atom. The summed E-state index contributed by atoms with van der Waals surface area (Å²) in [4.78, 5) is 21.9. The van der Waals surface area contributed by atoms with Crippen molar-refractivity contribution in [2.24, 2.45) is 0 Å². The highest BCUT2D eigenvalue weighted by Gasteiger charge is 2.21. The van der Waals surface area contributed by atoms with Crippen LogP contribution in [0.25, 0.3) is 0 Å². The highest BCUT2D eigenvalue weighted by Crippen LogP contribution is 2.20. The molecule has 0 bridgehead atoms. The van der Waals surface area contributed by atoms with Crippen LogP contribution in [-0.4, -0.2) is 53.2 Å². The maximum Gasteiger partial charge on any atom is 0.224 e. The first-order chi connectivity index (χ1) is 11.7. The predicted octanol–water partition coefficient (Wildman–Crippen LogP) is 1.98. The molecular weight excluding hydrogens is 302 g/mol. The minimum Gasteiger partial charge on any atom is -0.363 e. The monoisotopic (exact) mass is 327 g/mol. The molecule has 0 aliphatic carbocycles. The Balaban J connectivity index is 1.58. The Morgan fingerprint density at radius 1 is 1.21 bits per heavy atom. The lowest BCUT2D eigenvalue weighted by Crippen LogP contribution is -2.39. The van der Waals surface area contributed by atoms with Crippen LogP contribution < -0.4 is 15.1 Å². The van der Waals surface area contributed by atoms with Crippen molar-refractivity contribution < 1.29 is 0 Å². The number of aryl methyl sites for hydroxylation is 1. The van der Waals surface area contributed by atoms with E-state index in [1.54, 1.807) is 12.5 Å². The van der Waals surface area contributed by atoms with Gasteiger partial charge in [-0.3, -0.25) is 0 Å². The second kappa shape index (κ2) is 7.42. The van der Waals surface area contributed by atoms with E-state index in [-0.39, 0.29) is 0 Å². The SMILES string of the molecule is CCc1cc(N2CCC(Nc3nccc(N(C)C)n3)CC2)ncn1. The van der Waals surface area contributed by atoms with Crippen LogP contribution in [0, 0.1) is 0 Å². The van der Waals surface area contributed by atoms with E-state index in [2.05, 4.69) is 43.1 Å². The number of anilines is 3. The van der Waals surface area contributed by atoms with Crippen molar-refractivity contribution >= 4 is 17.6 Å². The van der Waals surface area contributed by atoms with Crippen LogP contribution >= 0.6 is 0 Å².